The summed E-state index contributed by atoms with van der Waals surface area (Å²) in [5, 5.41) is 8.07. The maximum Gasteiger partial charge on any atom is 0.243 e. The van der Waals surface area contributed by atoms with Crippen LogP contribution in [0.5, 0.6) is 11.5 Å². The Morgan fingerprint density at radius 1 is 1.19 bits per heavy atom. The first kappa shape index (κ1) is 19.6. The van der Waals surface area contributed by atoms with Gasteiger partial charge in [0, 0.05) is 32.1 Å². The molecule has 0 unspecified atom stereocenters. The smallest absolute Gasteiger partial charge is 0.243 e. The molecule has 1 aliphatic rings. The van der Waals surface area contributed by atoms with Crippen molar-refractivity contribution < 1.29 is 17.9 Å². The number of sulfonamides is 1. The zero-order valence-corrected chi connectivity index (χ0v) is 16.8. The van der Waals surface area contributed by atoms with E-state index >= 15 is 0 Å². The van der Waals surface area contributed by atoms with E-state index in [9.17, 15) is 8.42 Å². The van der Waals surface area contributed by atoms with Gasteiger partial charge in [-0.25, -0.2) is 8.42 Å². The summed E-state index contributed by atoms with van der Waals surface area (Å²) in [5.74, 6) is 1.85. The summed E-state index contributed by atoms with van der Waals surface area (Å²) in [7, 11) is -1.75. The van der Waals surface area contributed by atoms with Gasteiger partial charge < -0.3 is 14.0 Å². The normalized spacial score (nSPS) is 18.4. The number of benzene rings is 1. The number of rotatable bonds is 7. The van der Waals surface area contributed by atoms with Crippen LogP contribution in [0.25, 0.3) is 0 Å². The van der Waals surface area contributed by atoms with Gasteiger partial charge in [0.2, 0.25) is 10.0 Å². The molecule has 1 aliphatic heterocycles. The molecule has 3 rings (SSSR count). The Morgan fingerprint density at radius 2 is 1.93 bits per heavy atom. The Balaban J connectivity index is 1.87. The lowest BCUT2D eigenvalue weighted by molar-refractivity contribution is 0.286. The van der Waals surface area contributed by atoms with Crippen molar-refractivity contribution in [2.75, 3.05) is 26.3 Å². The zero-order chi connectivity index (χ0) is 19.4. The van der Waals surface area contributed by atoms with E-state index in [1.54, 1.807) is 24.5 Å². The van der Waals surface area contributed by atoms with E-state index in [1.807, 2.05) is 25.5 Å². The van der Waals surface area contributed by atoms with Crippen LogP contribution in [0, 0.1) is 0 Å². The van der Waals surface area contributed by atoms with Gasteiger partial charge in [0.05, 0.1) is 18.1 Å². The van der Waals surface area contributed by atoms with Crippen molar-refractivity contribution in [1.29, 1.82) is 0 Å². The van der Waals surface area contributed by atoms with E-state index < -0.39 is 10.0 Å². The van der Waals surface area contributed by atoms with Crippen molar-refractivity contribution >= 4 is 10.0 Å². The van der Waals surface area contributed by atoms with Gasteiger partial charge in [-0.3, -0.25) is 0 Å². The average Bonchev–Trinajstić information content (AvgIpc) is 3.09. The molecule has 0 bridgehead atoms. The van der Waals surface area contributed by atoms with Crippen LogP contribution in [0.2, 0.25) is 0 Å². The Kier molecular flexibility index (Phi) is 6.01. The molecule has 1 fully saturated rings. The molecule has 1 aromatic heterocycles. The van der Waals surface area contributed by atoms with Crippen LogP contribution in [0.15, 0.2) is 29.4 Å². The summed E-state index contributed by atoms with van der Waals surface area (Å²) in [6.07, 6.45) is 3.32. The van der Waals surface area contributed by atoms with Crippen LogP contribution in [-0.2, 0) is 17.1 Å². The molecule has 1 saturated heterocycles. The number of aromatic nitrogens is 3. The SMILES string of the molecule is CCOc1ccc(S(=O)(=O)N2CCC[C@@H](c3nncn3C)C2)cc1OCC. The van der Waals surface area contributed by atoms with Crippen molar-refractivity contribution in [2.45, 2.75) is 37.5 Å². The quantitative estimate of drug-likeness (QED) is 0.715. The molecule has 148 valence electrons. The van der Waals surface area contributed by atoms with Gasteiger partial charge in [0.25, 0.3) is 0 Å². The highest BCUT2D eigenvalue weighted by atomic mass is 32.2. The third-order valence-corrected chi connectivity index (χ3v) is 6.51. The summed E-state index contributed by atoms with van der Waals surface area (Å²) in [6, 6.07) is 4.79. The molecule has 0 amide bonds. The fourth-order valence-electron chi connectivity index (χ4n) is 3.37. The highest BCUT2D eigenvalue weighted by Gasteiger charge is 2.33. The van der Waals surface area contributed by atoms with Crippen LogP contribution in [0.3, 0.4) is 0 Å². The van der Waals surface area contributed by atoms with E-state index in [0.29, 0.717) is 37.8 Å². The van der Waals surface area contributed by atoms with Crippen LogP contribution in [0.1, 0.15) is 38.4 Å². The first-order valence-electron chi connectivity index (χ1n) is 9.21. The maximum absolute atomic E-state index is 13.2. The number of hydrogen-bond donors (Lipinski definition) is 0. The molecule has 8 nitrogen and oxygen atoms in total. The van der Waals surface area contributed by atoms with Crippen molar-refractivity contribution in [3.05, 3.63) is 30.4 Å². The monoisotopic (exact) mass is 394 g/mol. The molecule has 2 aromatic rings. The topological polar surface area (TPSA) is 86.6 Å². The summed E-state index contributed by atoms with van der Waals surface area (Å²) in [5.41, 5.74) is 0. The molecular weight excluding hydrogens is 368 g/mol. The molecule has 0 aliphatic carbocycles. The summed E-state index contributed by atoms with van der Waals surface area (Å²) in [4.78, 5) is 0.216. The molecule has 1 aromatic carbocycles. The molecule has 0 saturated carbocycles. The molecule has 0 spiro atoms. The second kappa shape index (κ2) is 8.26. The minimum atomic E-state index is -3.63. The lowest BCUT2D eigenvalue weighted by Gasteiger charge is -2.31. The van der Waals surface area contributed by atoms with E-state index in [1.165, 1.54) is 4.31 Å². The third kappa shape index (κ3) is 4.08. The van der Waals surface area contributed by atoms with Gasteiger partial charge in [-0.05, 0) is 38.8 Å². The number of hydrogen-bond acceptors (Lipinski definition) is 6. The van der Waals surface area contributed by atoms with Gasteiger partial charge >= 0.3 is 0 Å². The zero-order valence-electron chi connectivity index (χ0n) is 16.0. The predicted octanol–water partition coefficient (Wildman–Crippen LogP) is 2.18. The van der Waals surface area contributed by atoms with Crippen LogP contribution < -0.4 is 9.47 Å². The van der Waals surface area contributed by atoms with Gasteiger partial charge in [-0.1, -0.05) is 0 Å². The predicted molar refractivity (Wildman–Crippen MR) is 101 cm³/mol. The van der Waals surface area contributed by atoms with E-state index in [2.05, 4.69) is 10.2 Å². The number of nitrogens with zero attached hydrogens (tertiary/aromatic N) is 4. The number of aryl methyl sites for hydroxylation is 1. The Bertz CT molecular complexity index is 881. The number of piperidine rings is 1. The molecule has 0 radical (unpaired) electrons. The molecule has 0 N–H and O–H groups in total. The highest BCUT2D eigenvalue weighted by molar-refractivity contribution is 7.89. The lowest BCUT2D eigenvalue weighted by Crippen LogP contribution is -2.39. The van der Waals surface area contributed by atoms with Crippen LogP contribution in [0.4, 0.5) is 0 Å². The highest BCUT2D eigenvalue weighted by Crippen LogP contribution is 2.34. The van der Waals surface area contributed by atoms with E-state index in [-0.39, 0.29) is 10.8 Å². The van der Waals surface area contributed by atoms with Crippen molar-refractivity contribution in [3.8, 4) is 11.5 Å². The summed E-state index contributed by atoms with van der Waals surface area (Å²) < 4.78 is 40.9. The van der Waals surface area contributed by atoms with Crippen LogP contribution in [-0.4, -0.2) is 53.8 Å². The second-order valence-corrected chi connectivity index (χ2v) is 8.41. The standard InChI is InChI=1S/C18H26N4O4S/c1-4-25-16-9-8-15(11-17(16)26-5-2)27(23,24)22-10-6-7-14(12-22)18-20-19-13-21(18)3/h8-9,11,13-14H,4-7,10,12H2,1-3H3/t14-/m1/s1. The molecule has 1 atom stereocenters. The fourth-order valence-corrected chi connectivity index (χ4v) is 4.91. The van der Waals surface area contributed by atoms with Gasteiger partial charge in [0.1, 0.15) is 12.2 Å². The third-order valence-electron chi connectivity index (χ3n) is 4.65. The van der Waals surface area contributed by atoms with Crippen molar-refractivity contribution in [3.63, 3.8) is 0 Å². The van der Waals surface area contributed by atoms with E-state index in [0.717, 1.165) is 18.7 Å². The van der Waals surface area contributed by atoms with Gasteiger partial charge in [0.15, 0.2) is 11.5 Å². The minimum Gasteiger partial charge on any atom is -0.490 e. The first-order chi connectivity index (χ1) is 13.0. The summed E-state index contributed by atoms with van der Waals surface area (Å²) in [6.45, 7) is 5.53. The molecule has 2 heterocycles. The second-order valence-electron chi connectivity index (χ2n) is 6.48. The summed E-state index contributed by atoms with van der Waals surface area (Å²) >= 11 is 0. The minimum absolute atomic E-state index is 0.0371. The van der Waals surface area contributed by atoms with Crippen molar-refractivity contribution in [1.82, 2.24) is 19.1 Å². The van der Waals surface area contributed by atoms with Gasteiger partial charge in [-0.15, -0.1) is 10.2 Å². The average molecular weight is 394 g/mol. The van der Waals surface area contributed by atoms with E-state index in [4.69, 9.17) is 9.47 Å². The largest absolute Gasteiger partial charge is 0.490 e. The molecular formula is C18H26N4O4S. The molecule has 9 heteroatoms. The van der Waals surface area contributed by atoms with Crippen LogP contribution >= 0.6 is 0 Å². The Hall–Kier alpha value is -2.13. The van der Waals surface area contributed by atoms with Crippen molar-refractivity contribution in [2.24, 2.45) is 7.05 Å². The molecule has 27 heavy (non-hydrogen) atoms. The fraction of sp³-hybridized carbons (Fsp3) is 0.556. The maximum atomic E-state index is 13.2. The Labute approximate surface area is 160 Å². The number of ether oxygens (including phenoxy) is 2. The lowest BCUT2D eigenvalue weighted by atomic mass is 9.99. The first-order valence-corrected chi connectivity index (χ1v) is 10.6. The van der Waals surface area contributed by atoms with Gasteiger partial charge in [-0.2, -0.15) is 4.31 Å². The Morgan fingerprint density at radius 3 is 2.59 bits per heavy atom.